The number of likely N-dealkylation sites (tertiary alicyclic amines) is 1. The summed E-state index contributed by atoms with van der Waals surface area (Å²) in [6.45, 7) is 6.59. The molecule has 0 unspecified atom stereocenters. The summed E-state index contributed by atoms with van der Waals surface area (Å²) in [6.07, 6.45) is 3.82. The Balaban J connectivity index is 1.37. The summed E-state index contributed by atoms with van der Waals surface area (Å²) in [5.41, 5.74) is 2.60. The first-order valence-electron chi connectivity index (χ1n) is 10.8. The molecule has 2 saturated heterocycles. The minimum atomic E-state index is 0.0170. The highest BCUT2D eigenvalue weighted by Gasteiger charge is 2.32. The molecule has 1 aromatic carbocycles. The Kier molecular flexibility index (Phi) is 6.18. The third-order valence-electron chi connectivity index (χ3n) is 6.06. The number of hydrogen-bond donors (Lipinski definition) is 1. The van der Waals surface area contributed by atoms with E-state index in [-0.39, 0.29) is 29.9 Å². The Labute approximate surface area is 177 Å². The average molecular weight is 411 g/mol. The summed E-state index contributed by atoms with van der Waals surface area (Å²) < 4.78 is 5.75. The van der Waals surface area contributed by atoms with Gasteiger partial charge in [-0.25, -0.2) is 0 Å². The zero-order chi connectivity index (χ0) is 21.1. The van der Waals surface area contributed by atoms with Gasteiger partial charge in [0.05, 0.1) is 36.1 Å². The van der Waals surface area contributed by atoms with Gasteiger partial charge in [-0.15, -0.1) is 0 Å². The maximum Gasteiger partial charge on any atom is 0.257 e. The molecule has 0 radical (unpaired) electrons. The molecular formula is C23H30N4O3. The van der Waals surface area contributed by atoms with E-state index in [0.717, 1.165) is 24.1 Å². The van der Waals surface area contributed by atoms with Gasteiger partial charge in [-0.05, 0) is 32.3 Å². The van der Waals surface area contributed by atoms with Crippen LogP contribution in [0, 0.1) is 0 Å². The first kappa shape index (κ1) is 20.6. The highest BCUT2D eigenvalue weighted by molar-refractivity contribution is 5.95. The van der Waals surface area contributed by atoms with Crippen molar-refractivity contribution in [1.82, 2.24) is 20.0 Å². The van der Waals surface area contributed by atoms with Gasteiger partial charge < -0.3 is 14.5 Å². The molecule has 7 nitrogen and oxygen atoms in total. The van der Waals surface area contributed by atoms with Gasteiger partial charge in [0.15, 0.2) is 0 Å². The Bertz CT molecular complexity index is 864. The quantitative estimate of drug-likeness (QED) is 0.840. The minimum absolute atomic E-state index is 0.0170. The summed E-state index contributed by atoms with van der Waals surface area (Å²) in [5, 5.41) is 7.25. The summed E-state index contributed by atoms with van der Waals surface area (Å²) in [6, 6.07) is 9.85. The first-order valence-corrected chi connectivity index (χ1v) is 10.8. The van der Waals surface area contributed by atoms with Crippen molar-refractivity contribution in [3.63, 3.8) is 0 Å². The van der Waals surface area contributed by atoms with E-state index in [1.165, 1.54) is 0 Å². The molecule has 2 amide bonds. The van der Waals surface area contributed by atoms with Crippen LogP contribution in [0.2, 0.25) is 0 Å². The molecule has 4 rings (SSSR count). The maximum absolute atomic E-state index is 13.1. The maximum atomic E-state index is 13.1. The van der Waals surface area contributed by atoms with Gasteiger partial charge in [0.25, 0.3) is 5.91 Å². The molecule has 2 aliphatic rings. The van der Waals surface area contributed by atoms with Crippen LogP contribution in [0.4, 0.5) is 0 Å². The molecule has 2 atom stereocenters. The molecular weight excluding hydrogens is 380 g/mol. The van der Waals surface area contributed by atoms with Crippen molar-refractivity contribution in [3.05, 3.63) is 53.3 Å². The summed E-state index contributed by atoms with van der Waals surface area (Å²) in [7, 11) is 0. The fraction of sp³-hybridized carbons (Fsp3) is 0.522. The SMILES string of the molecule is C[C@@H]1CN(C(=O)c2cn[nH]c2C2CCN(C(=O)Cc3ccccc3)CC2)C[C@H](C)O1. The molecule has 30 heavy (non-hydrogen) atoms. The zero-order valence-corrected chi connectivity index (χ0v) is 17.7. The van der Waals surface area contributed by atoms with E-state index in [4.69, 9.17) is 4.74 Å². The van der Waals surface area contributed by atoms with E-state index in [2.05, 4.69) is 10.2 Å². The van der Waals surface area contributed by atoms with Crippen molar-refractivity contribution in [2.45, 2.75) is 51.2 Å². The Morgan fingerprint density at radius 2 is 1.73 bits per heavy atom. The third-order valence-corrected chi connectivity index (χ3v) is 6.06. The molecule has 2 fully saturated rings. The van der Waals surface area contributed by atoms with Gasteiger partial charge in [-0.1, -0.05) is 30.3 Å². The van der Waals surface area contributed by atoms with Crippen molar-refractivity contribution in [2.24, 2.45) is 0 Å². The second-order valence-electron chi connectivity index (χ2n) is 8.48. The number of carbonyl (C=O) groups is 2. The lowest BCUT2D eigenvalue weighted by molar-refractivity contribution is -0.131. The van der Waals surface area contributed by atoms with Crippen LogP contribution in [0.3, 0.4) is 0 Å². The number of morpholine rings is 1. The predicted octanol–water partition coefficient (Wildman–Crippen LogP) is 2.61. The lowest BCUT2D eigenvalue weighted by Crippen LogP contribution is -2.48. The number of benzene rings is 1. The molecule has 2 aromatic rings. The van der Waals surface area contributed by atoms with Crippen molar-refractivity contribution in [2.75, 3.05) is 26.2 Å². The second kappa shape index (κ2) is 9.00. The van der Waals surface area contributed by atoms with Crippen LogP contribution in [0.1, 0.15) is 54.2 Å². The fourth-order valence-corrected chi connectivity index (χ4v) is 4.59. The van der Waals surface area contributed by atoms with Gasteiger partial charge in [0, 0.05) is 32.1 Å². The van der Waals surface area contributed by atoms with E-state index in [0.29, 0.717) is 38.2 Å². The van der Waals surface area contributed by atoms with E-state index in [9.17, 15) is 9.59 Å². The van der Waals surface area contributed by atoms with Crippen LogP contribution in [0.5, 0.6) is 0 Å². The Morgan fingerprint density at radius 1 is 1.07 bits per heavy atom. The molecule has 3 heterocycles. The number of aromatic nitrogens is 2. The lowest BCUT2D eigenvalue weighted by Gasteiger charge is -2.36. The number of carbonyl (C=O) groups excluding carboxylic acids is 2. The molecule has 0 saturated carbocycles. The van der Waals surface area contributed by atoms with Gasteiger partial charge in [-0.3, -0.25) is 14.7 Å². The van der Waals surface area contributed by atoms with Crippen LogP contribution >= 0.6 is 0 Å². The van der Waals surface area contributed by atoms with Crippen LogP contribution < -0.4 is 0 Å². The lowest BCUT2D eigenvalue weighted by atomic mass is 9.90. The molecule has 1 aromatic heterocycles. The predicted molar refractivity (Wildman–Crippen MR) is 113 cm³/mol. The van der Waals surface area contributed by atoms with Crippen molar-refractivity contribution < 1.29 is 14.3 Å². The third kappa shape index (κ3) is 4.56. The van der Waals surface area contributed by atoms with Crippen LogP contribution in [-0.2, 0) is 16.0 Å². The standard InChI is InChI=1S/C23H30N4O3/c1-16-14-27(15-17(2)30-16)23(29)20-13-24-25-22(20)19-8-10-26(11-9-19)21(28)12-18-6-4-3-5-7-18/h3-7,13,16-17,19H,8-12,14-15H2,1-2H3,(H,24,25)/t16-,17+. The van der Waals surface area contributed by atoms with Crippen molar-refractivity contribution in [3.8, 4) is 0 Å². The molecule has 1 N–H and O–H groups in total. The number of nitrogens with one attached hydrogen (secondary N) is 1. The number of amides is 2. The van der Waals surface area contributed by atoms with Crippen LogP contribution in [0.25, 0.3) is 0 Å². The number of H-pyrrole nitrogens is 1. The normalized spacial score (nSPS) is 22.9. The van der Waals surface area contributed by atoms with E-state index < -0.39 is 0 Å². The number of aromatic amines is 1. The molecule has 0 aliphatic carbocycles. The molecule has 0 bridgehead atoms. The largest absolute Gasteiger partial charge is 0.372 e. The summed E-state index contributed by atoms with van der Waals surface area (Å²) in [5.74, 6) is 0.392. The van der Waals surface area contributed by atoms with E-state index in [1.54, 1.807) is 6.20 Å². The smallest absolute Gasteiger partial charge is 0.257 e. The van der Waals surface area contributed by atoms with Gasteiger partial charge in [0.1, 0.15) is 0 Å². The zero-order valence-electron chi connectivity index (χ0n) is 17.7. The van der Waals surface area contributed by atoms with Crippen molar-refractivity contribution >= 4 is 11.8 Å². The van der Waals surface area contributed by atoms with E-state index in [1.807, 2.05) is 54.0 Å². The highest BCUT2D eigenvalue weighted by atomic mass is 16.5. The van der Waals surface area contributed by atoms with Gasteiger partial charge in [0.2, 0.25) is 5.91 Å². The Morgan fingerprint density at radius 3 is 2.40 bits per heavy atom. The Hall–Kier alpha value is -2.67. The first-order chi connectivity index (χ1) is 14.5. The summed E-state index contributed by atoms with van der Waals surface area (Å²) >= 11 is 0. The highest BCUT2D eigenvalue weighted by Crippen LogP contribution is 2.30. The van der Waals surface area contributed by atoms with Crippen LogP contribution in [0.15, 0.2) is 36.5 Å². The monoisotopic (exact) mass is 410 g/mol. The fourth-order valence-electron chi connectivity index (χ4n) is 4.59. The number of hydrogen-bond acceptors (Lipinski definition) is 4. The number of piperidine rings is 1. The average Bonchev–Trinajstić information content (AvgIpc) is 3.23. The van der Waals surface area contributed by atoms with Crippen LogP contribution in [-0.4, -0.2) is 70.2 Å². The molecule has 160 valence electrons. The van der Waals surface area contributed by atoms with Gasteiger partial charge in [-0.2, -0.15) is 5.10 Å². The van der Waals surface area contributed by atoms with Gasteiger partial charge >= 0.3 is 0 Å². The minimum Gasteiger partial charge on any atom is -0.372 e. The molecule has 0 spiro atoms. The van der Waals surface area contributed by atoms with E-state index >= 15 is 0 Å². The van der Waals surface area contributed by atoms with Crippen molar-refractivity contribution in [1.29, 1.82) is 0 Å². The number of nitrogens with zero attached hydrogens (tertiary/aromatic N) is 3. The molecule has 7 heteroatoms. The second-order valence-corrected chi connectivity index (χ2v) is 8.48. The number of rotatable bonds is 4. The molecule has 2 aliphatic heterocycles. The summed E-state index contributed by atoms with van der Waals surface area (Å²) in [4.78, 5) is 29.6. The number of ether oxygens (including phenoxy) is 1. The topological polar surface area (TPSA) is 78.5 Å².